The molecular formula is C18H22ClFN4O2S. The van der Waals surface area contributed by atoms with Crippen LogP contribution in [0.5, 0.6) is 5.75 Å². The van der Waals surface area contributed by atoms with Crippen LogP contribution in [0.4, 0.5) is 4.39 Å². The number of ether oxygens (including phenoxy) is 1. The third kappa shape index (κ3) is 5.35. The molecule has 1 heterocycles. The van der Waals surface area contributed by atoms with E-state index in [4.69, 9.17) is 16.3 Å². The maximum Gasteiger partial charge on any atom is 0.230 e. The van der Waals surface area contributed by atoms with Crippen LogP contribution in [-0.2, 0) is 17.9 Å². The van der Waals surface area contributed by atoms with Gasteiger partial charge < -0.3 is 14.6 Å². The van der Waals surface area contributed by atoms with Gasteiger partial charge in [0.05, 0.1) is 10.8 Å². The third-order valence-electron chi connectivity index (χ3n) is 4.42. The van der Waals surface area contributed by atoms with Crippen LogP contribution in [-0.4, -0.2) is 32.5 Å². The van der Waals surface area contributed by atoms with Crippen LogP contribution in [0.25, 0.3) is 0 Å². The minimum absolute atomic E-state index is 0.00831. The van der Waals surface area contributed by atoms with Gasteiger partial charge in [-0.05, 0) is 31.9 Å². The highest BCUT2D eigenvalue weighted by molar-refractivity contribution is 7.99. The van der Waals surface area contributed by atoms with Gasteiger partial charge in [0.25, 0.3) is 0 Å². The molecule has 146 valence electrons. The van der Waals surface area contributed by atoms with Crippen molar-refractivity contribution in [1.82, 2.24) is 20.1 Å². The van der Waals surface area contributed by atoms with E-state index in [0.29, 0.717) is 35.1 Å². The van der Waals surface area contributed by atoms with E-state index in [1.807, 2.05) is 11.5 Å². The van der Waals surface area contributed by atoms with Gasteiger partial charge in [-0.3, -0.25) is 4.79 Å². The van der Waals surface area contributed by atoms with Gasteiger partial charge in [-0.2, -0.15) is 0 Å². The predicted octanol–water partition coefficient (Wildman–Crippen LogP) is 3.82. The molecule has 1 amide bonds. The van der Waals surface area contributed by atoms with Gasteiger partial charge in [0.1, 0.15) is 18.2 Å². The van der Waals surface area contributed by atoms with Gasteiger partial charge >= 0.3 is 0 Å². The topological polar surface area (TPSA) is 69.0 Å². The Hall–Kier alpha value is -1.80. The second-order valence-corrected chi connectivity index (χ2v) is 7.69. The summed E-state index contributed by atoms with van der Waals surface area (Å²) in [6.45, 7) is 2.81. The third-order valence-corrected chi connectivity index (χ3v) is 5.68. The van der Waals surface area contributed by atoms with E-state index >= 15 is 0 Å². The maximum atomic E-state index is 13.2. The highest BCUT2D eigenvalue weighted by Gasteiger charge is 2.18. The Morgan fingerprint density at radius 3 is 2.89 bits per heavy atom. The van der Waals surface area contributed by atoms with Crippen molar-refractivity contribution in [3.05, 3.63) is 34.9 Å². The lowest BCUT2D eigenvalue weighted by Gasteiger charge is -2.12. The number of carbonyl (C=O) groups excluding carboxylic acids is 1. The molecule has 3 rings (SSSR count). The number of nitrogens with one attached hydrogen (secondary N) is 1. The number of carbonyl (C=O) groups is 1. The lowest BCUT2D eigenvalue weighted by atomic mass is 10.2. The van der Waals surface area contributed by atoms with E-state index in [1.54, 1.807) is 0 Å². The number of halogens is 2. The number of hydrogen-bond donors (Lipinski definition) is 1. The van der Waals surface area contributed by atoms with Crippen molar-refractivity contribution in [3.63, 3.8) is 0 Å². The van der Waals surface area contributed by atoms with Gasteiger partial charge in [0, 0.05) is 18.7 Å². The summed E-state index contributed by atoms with van der Waals surface area (Å²) in [5.74, 6) is 0.934. The van der Waals surface area contributed by atoms with Gasteiger partial charge in [-0.1, -0.05) is 36.2 Å². The van der Waals surface area contributed by atoms with Crippen LogP contribution < -0.4 is 10.1 Å². The van der Waals surface area contributed by atoms with Crippen molar-refractivity contribution < 1.29 is 13.9 Å². The molecule has 1 aromatic heterocycles. The van der Waals surface area contributed by atoms with E-state index in [0.717, 1.165) is 12.8 Å². The van der Waals surface area contributed by atoms with E-state index in [9.17, 15) is 9.18 Å². The smallest absolute Gasteiger partial charge is 0.230 e. The highest BCUT2D eigenvalue weighted by Crippen LogP contribution is 2.23. The number of rotatable bonds is 8. The molecule has 1 aromatic carbocycles. The molecule has 0 atom stereocenters. The molecule has 6 nitrogen and oxygen atoms in total. The Bertz CT molecular complexity index is 796. The number of hydrogen-bond acceptors (Lipinski definition) is 5. The quantitative estimate of drug-likeness (QED) is 0.667. The zero-order valence-corrected chi connectivity index (χ0v) is 16.7. The summed E-state index contributed by atoms with van der Waals surface area (Å²) < 4.78 is 20.7. The number of amides is 1. The van der Waals surface area contributed by atoms with Crippen LogP contribution in [0.2, 0.25) is 5.02 Å². The summed E-state index contributed by atoms with van der Waals surface area (Å²) in [5.41, 5.74) is 0. The zero-order chi connectivity index (χ0) is 19.2. The molecule has 1 N–H and O–H groups in total. The van der Waals surface area contributed by atoms with E-state index in [-0.39, 0.29) is 17.5 Å². The molecule has 0 radical (unpaired) electrons. The average molecular weight is 413 g/mol. The fraction of sp³-hybridized carbons (Fsp3) is 0.500. The average Bonchev–Trinajstić information content (AvgIpc) is 3.30. The summed E-state index contributed by atoms with van der Waals surface area (Å²) in [6.07, 6.45) is 4.50. The standard InChI is InChI=1S/C18H22ClFN4O2S/c1-2-24-16(10-26-13-7-8-15(20)14(19)9-13)22-23-18(24)27-11-17(25)21-12-5-3-4-6-12/h7-9,12H,2-6,10-11H2,1H3,(H,21,25). The predicted molar refractivity (Wildman–Crippen MR) is 103 cm³/mol. The first kappa shape index (κ1) is 19.9. The molecule has 0 saturated heterocycles. The van der Waals surface area contributed by atoms with Gasteiger partial charge in [0.2, 0.25) is 5.91 Å². The van der Waals surface area contributed by atoms with Crippen molar-refractivity contribution >= 4 is 29.3 Å². The van der Waals surface area contributed by atoms with Gasteiger partial charge in [-0.25, -0.2) is 4.39 Å². The van der Waals surface area contributed by atoms with Crippen molar-refractivity contribution in [2.24, 2.45) is 0 Å². The molecule has 27 heavy (non-hydrogen) atoms. The van der Waals surface area contributed by atoms with Crippen molar-refractivity contribution in [1.29, 1.82) is 0 Å². The van der Waals surface area contributed by atoms with E-state index < -0.39 is 5.82 Å². The molecule has 2 aromatic rings. The lowest BCUT2D eigenvalue weighted by Crippen LogP contribution is -2.33. The SMILES string of the molecule is CCn1c(COc2ccc(F)c(Cl)c2)nnc1SCC(=O)NC1CCCC1. The molecule has 0 unspecified atom stereocenters. The summed E-state index contributed by atoms with van der Waals surface area (Å²) in [6, 6.07) is 4.50. The monoisotopic (exact) mass is 412 g/mol. The number of aromatic nitrogens is 3. The molecule has 9 heteroatoms. The van der Waals surface area contributed by atoms with E-state index in [1.165, 1.54) is 42.8 Å². The zero-order valence-electron chi connectivity index (χ0n) is 15.1. The summed E-state index contributed by atoms with van der Waals surface area (Å²) in [5, 5.41) is 12.1. The second kappa shape index (κ2) is 9.41. The molecule has 1 saturated carbocycles. The number of benzene rings is 1. The highest BCUT2D eigenvalue weighted by atomic mass is 35.5. The summed E-state index contributed by atoms with van der Waals surface area (Å²) in [7, 11) is 0. The summed E-state index contributed by atoms with van der Waals surface area (Å²) >= 11 is 7.12. The Labute approximate surface area is 166 Å². The lowest BCUT2D eigenvalue weighted by molar-refractivity contribution is -0.119. The first-order valence-electron chi connectivity index (χ1n) is 8.99. The molecule has 1 fully saturated rings. The van der Waals surface area contributed by atoms with Gasteiger partial charge in [-0.15, -0.1) is 10.2 Å². The minimum atomic E-state index is -0.490. The van der Waals surface area contributed by atoms with Crippen molar-refractivity contribution in [3.8, 4) is 5.75 Å². The van der Waals surface area contributed by atoms with Crippen molar-refractivity contribution in [2.45, 2.75) is 57.0 Å². The fourth-order valence-electron chi connectivity index (χ4n) is 3.03. The second-order valence-electron chi connectivity index (χ2n) is 6.35. The molecule has 1 aliphatic rings. The largest absolute Gasteiger partial charge is 0.486 e. The van der Waals surface area contributed by atoms with Crippen LogP contribution in [0.1, 0.15) is 38.4 Å². The van der Waals surface area contributed by atoms with Crippen LogP contribution >= 0.6 is 23.4 Å². The Balaban J connectivity index is 1.55. The van der Waals surface area contributed by atoms with Crippen LogP contribution in [0, 0.1) is 5.82 Å². The molecular weight excluding hydrogens is 391 g/mol. The molecule has 0 spiro atoms. The Morgan fingerprint density at radius 1 is 1.41 bits per heavy atom. The Kier molecular flexibility index (Phi) is 6.95. The van der Waals surface area contributed by atoms with E-state index in [2.05, 4.69) is 15.5 Å². The van der Waals surface area contributed by atoms with Crippen LogP contribution in [0.15, 0.2) is 23.4 Å². The number of nitrogens with zero attached hydrogens (tertiary/aromatic N) is 3. The Morgan fingerprint density at radius 2 is 2.19 bits per heavy atom. The molecule has 0 bridgehead atoms. The first-order valence-corrected chi connectivity index (χ1v) is 10.3. The van der Waals surface area contributed by atoms with Crippen LogP contribution in [0.3, 0.4) is 0 Å². The normalized spacial score (nSPS) is 14.5. The first-order chi connectivity index (χ1) is 13.1. The van der Waals surface area contributed by atoms with Crippen molar-refractivity contribution in [2.75, 3.05) is 5.75 Å². The minimum Gasteiger partial charge on any atom is -0.486 e. The number of thioether (sulfide) groups is 1. The summed E-state index contributed by atoms with van der Waals surface area (Å²) in [4.78, 5) is 12.1. The van der Waals surface area contributed by atoms with Gasteiger partial charge in [0.15, 0.2) is 11.0 Å². The fourth-order valence-corrected chi connectivity index (χ4v) is 4.04. The maximum absolute atomic E-state index is 13.2. The molecule has 1 aliphatic carbocycles. The molecule has 0 aliphatic heterocycles.